The Labute approximate surface area is 65.5 Å². The maximum atomic E-state index is 5.64. The molecule has 0 fully saturated rings. The smallest absolute Gasteiger partial charge is 0.176 e. The molecule has 0 atom stereocenters. The van der Waals surface area contributed by atoms with Crippen LogP contribution in [0.5, 0.6) is 0 Å². The maximum Gasteiger partial charge on any atom is 0.176 e. The zero-order valence-corrected chi connectivity index (χ0v) is 8.25. The summed E-state index contributed by atoms with van der Waals surface area (Å²) >= 11 is 0. The summed E-state index contributed by atoms with van der Waals surface area (Å²) in [5, 5.41) is 0. The van der Waals surface area contributed by atoms with Gasteiger partial charge in [0.15, 0.2) is 9.04 Å². The monoisotopic (exact) mass is 161 g/mol. The topological polar surface area (TPSA) is 35.2 Å². The van der Waals surface area contributed by atoms with Crippen molar-refractivity contribution in [3.05, 3.63) is 0 Å². The lowest BCUT2D eigenvalue weighted by Gasteiger charge is -2.10. The van der Waals surface area contributed by atoms with Gasteiger partial charge in [0.25, 0.3) is 0 Å². The van der Waals surface area contributed by atoms with Crippen LogP contribution in [0.1, 0.15) is 20.3 Å². The standard InChI is InChI=1S/C7H19NOSi/c1-3-10(4-2)9-7-5-6-8/h10H,3-8H2,1-2H3. The van der Waals surface area contributed by atoms with E-state index >= 15 is 0 Å². The van der Waals surface area contributed by atoms with E-state index in [4.69, 9.17) is 10.2 Å². The fraction of sp³-hybridized carbons (Fsp3) is 1.00. The van der Waals surface area contributed by atoms with Crippen molar-refractivity contribution in [3.8, 4) is 0 Å². The summed E-state index contributed by atoms with van der Waals surface area (Å²) in [7, 11) is -0.779. The largest absolute Gasteiger partial charge is 0.420 e. The van der Waals surface area contributed by atoms with E-state index in [0.717, 1.165) is 19.6 Å². The highest BCUT2D eigenvalue weighted by Gasteiger charge is 2.03. The van der Waals surface area contributed by atoms with Gasteiger partial charge in [-0.15, -0.1) is 0 Å². The minimum Gasteiger partial charge on any atom is -0.420 e. The molecular weight excluding hydrogens is 142 g/mol. The van der Waals surface area contributed by atoms with E-state index in [1.54, 1.807) is 0 Å². The molecule has 0 aromatic carbocycles. The van der Waals surface area contributed by atoms with Gasteiger partial charge in [-0.05, 0) is 25.1 Å². The average molecular weight is 161 g/mol. The SMILES string of the molecule is CC[SiH](CC)OCCCN. The van der Waals surface area contributed by atoms with Gasteiger partial charge in [-0.1, -0.05) is 13.8 Å². The van der Waals surface area contributed by atoms with E-state index in [9.17, 15) is 0 Å². The first-order chi connectivity index (χ1) is 4.85. The van der Waals surface area contributed by atoms with Crippen molar-refractivity contribution in [2.75, 3.05) is 13.2 Å². The van der Waals surface area contributed by atoms with Crippen LogP contribution >= 0.6 is 0 Å². The first-order valence-corrected chi connectivity index (χ1v) is 6.27. The second kappa shape index (κ2) is 7.25. The number of nitrogens with two attached hydrogens (primary N) is 1. The molecule has 0 heterocycles. The Morgan fingerprint density at radius 2 is 1.90 bits per heavy atom. The molecule has 0 saturated heterocycles. The molecule has 0 aromatic rings. The molecule has 0 aromatic heterocycles. The van der Waals surface area contributed by atoms with E-state index in [-0.39, 0.29) is 0 Å². The predicted molar refractivity (Wildman–Crippen MR) is 47.7 cm³/mol. The lowest BCUT2D eigenvalue weighted by molar-refractivity contribution is 0.315. The Morgan fingerprint density at radius 1 is 1.30 bits per heavy atom. The van der Waals surface area contributed by atoms with Crippen molar-refractivity contribution in [1.29, 1.82) is 0 Å². The van der Waals surface area contributed by atoms with Gasteiger partial charge in [0.2, 0.25) is 0 Å². The van der Waals surface area contributed by atoms with Gasteiger partial charge in [0.1, 0.15) is 0 Å². The van der Waals surface area contributed by atoms with Gasteiger partial charge >= 0.3 is 0 Å². The van der Waals surface area contributed by atoms with Gasteiger partial charge in [-0.25, -0.2) is 0 Å². The number of rotatable bonds is 6. The third-order valence-electron chi connectivity index (χ3n) is 1.61. The third-order valence-corrected chi connectivity index (χ3v) is 4.14. The molecule has 2 N–H and O–H groups in total. The molecule has 3 heteroatoms. The summed E-state index contributed by atoms with van der Waals surface area (Å²) in [5.41, 5.74) is 5.33. The fourth-order valence-electron chi connectivity index (χ4n) is 0.858. The summed E-state index contributed by atoms with van der Waals surface area (Å²) in [6.45, 7) is 6.06. The molecule has 0 bridgehead atoms. The predicted octanol–water partition coefficient (Wildman–Crippen LogP) is 1.12. The molecule has 0 rings (SSSR count). The highest BCUT2D eigenvalue weighted by Crippen LogP contribution is 1.99. The second-order valence-electron chi connectivity index (χ2n) is 2.45. The zero-order valence-electron chi connectivity index (χ0n) is 7.10. The zero-order chi connectivity index (χ0) is 7.82. The van der Waals surface area contributed by atoms with Crippen molar-refractivity contribution >= 4 is 9.04 Å². The molecule has 0 radical (unpaired) electrons. The van der Waals surface area contributed by atoms with Gasteiger partial charge in [0.05, 0.1) is 0 Å². The maximum absolute atomic E-state index is 5.64. The van der Waals surface area contributed by atoms with Crippen molar-refractivity contribution in [3.63, 3.8) is 0 Å². The lowest BCUT2D eigenvalue weighted by atomic mass is 10.5. The molecule has 62 valence electrons. The first-order valence-electron chi connectivity index (χ1n) is 4.16. The summed E-state index contributed by atoms with van der Waals surface area (Å²) < 4.78 is 5.64. The third kappa shape index (κ3) is 4.96. The van der Waals surface area contributed by atoms with Gasteiger partial charge in [-0.3, -0.25) is 0 Å². The van der Waals surface area contributed by atoms with Gasteiger partial charge < -0.3 is 10.2 Å². The lowest BCUT2D eigenvalue weighted by Crippen LogP contribution is -2.17. The van der Waals surface area contributed by atoms with Crippen molar-refractivity contribution in [2.45, 2.75) is 32.4 Å². The second-order valence-corrected chi connectivity index (χ2v) is 5.66. The minimum absolute atomic E-state index is 0.758. The van der Waals surface area contributed by atoms with Crippen molar-refractivity contribution in [1.82, 2.24) is 0 Å². The molecule has 2 nitrogen and oxygen atoms in total. The van der Waals surface area contributed by atoms with Crippen LogP contribution in [-0.4, -0.2) is 22.2 Å². The van der Waals surface area contributed by atoms with Gasteiger partial charge in [-0.2, -0.15) is 0 Å². The molecule has 0 unspecified atom stereocenters. The van der Waals surface area contributed by atoms with Crippen LogP contribution in [0, 0.1) is 0 Å². The Bertz CT molecular complexity index is 66.6. The average Bonchev–Trinajstić information content (AvgIpc) is 1.99. The van der Waals surface area contributed by atoms with Crippen LogP contribution in [0.4, 0.5) is 0 Å². The fourth-order valence-corrected chi connectivity index (χ4v) is 2.41. The highest BCUT2D eigenvalue weighted by molar-refractivity contribution is 6.51. The molecular formula is C7H19NOSi. The van der Waals surface area contributed by atoms with Crippen molar-refractivity contribution < 1.29 is 4.43 Å². The van der Waals surface area contributed by atoms with E-state index in [1.807, 2.05) is 0 Å². The highest BCUT2D eigenvalue weighted by atomic mass is 28.3. The Kier molecular flexibility index (Phi) is 7.35. The molecule has 0 aliphatic heterocycles. The van der Waals surface area contributed by atoms with Crippen LogP contribution < -0.4 is 5.73 Å². The van der Waals surface area contributed by atoms with Crippen LogP contribution in [0.3, 0.4) is 0 Å². The molecule has 0 spiro atoms. The van der Waals surface area contributed by atoms with Crippen molar-refractivity contribution in [2.24, 2.45) is 5.73 Å². The van der Waals surface area contributed by atoms with Crippen LogP contribution in [-0.2, 0) is 4.43 Å². The molecule has 0 saturated carbocycles. The first kappa shape index (κ1) is 10.1. The summed E-state index contributed by atoms with van der Waals surface area (Å²) in [5.74, 6) is 0. The van der Waals surface area contributed by atoms with E-state index in [1.165, 1.54) is 12.1 Å². The Hall–Kier alpha value is 0.137. The molecule has 0 aliphatic carbocycles. The van der Waals surface area contributed by atoms with E-state index in [0.29, 0.717) is 0 Å². The molecule has 0 amide bonds. The number of hydrogen-bond donors (Lipinski definition) is 1. The summed E-state index contributed by atoms with van der Waals surface area (Å²) in [4.78, 5) is 0. The van der Waals surface area contributed by atoms with Crippen LogP contribution in [0.15, 0.2) is 0 Å². The van der Waals surface area contributed by atoms with Crippen LogP contribution in [0.25, 0.3) is 0 Å². The van der Waals surface area contributed by atoms with Crippen LogP contribution in [0.2, 0.25) is 12.1 Å². The number of hydrogen-bond acceptors (Lipinski definition) is 2. The molecule has 10 heavy (non-hydrogen) atoms. The normalized spacial score (nSPS) is 10.8. The molecule has 0 aliphatic rings. The summed E-state index contributed by atoms with van der Waals surface area (Å²) in [6, 6.07) is 2.50. The summed E-state index contributed by atoms with van der Waals surface area (Å²) in [6.07, 6.45) is 1.02. The van der Waals surface area contributed by atoms with E-state index in [2.05, 4.69) is 13.8 Å². The Morgan fingerprint density at radius 3 is 2.30 bits per heavy atom. The minimum atomic E-state index is -0.779. The van der Waals surface area contributed by atoms with E-state index < -0.39 is 9.04 Å². The van der Waals surface area contributed by atoms with Gasteiger partial charge in [0, 0.05) is 6.61 Å². The Balaban J connectivity index is 3.09. The quantitative estimate of drug-likeness (QED) is 0.468.